The average molecular weight is 364 g/mol. The van der Waals surface area contributed by atoms with E-state index >= 15 is 0 Å². The average Bonchev–Trinajstić information content (AvgIpc) is 2.87. The van der Waals surface area contributed by atoms with E-state index in [2.05, 4.69) is 57.4 Å². The smallest absolute Gasteiger partial charge is 0.0472 e. The Morgan fingerprint density at radius 2 is 2.10 bits per heavy atom. The van der Waals surface area contributed by atoms with Crippen molar-refractivity contribution < 1.29 is 0 Å². The standard InChI is InChI=1S/C17H16BrClN2/c1-11(12-3-2-4-14(18)7-12)20-9-13-10-21-17-8-15(19)5-6-16(13)17/h2-8,10-11,20-21H,9H2,1H3. The molecule has 1 atom stereocenters. The van der Waals surface area contributed by atoms with Gasteiger partial charge >= 0.3 is 0 Å². The first-order valence-corrected chi connectivity index (χ1v) is 8.05. The maximum Gasteiger partial charge on any atom is 0.0472 e. The molecule has 0 aliphatic heterocycles. The van der Waals surface area contributed by atoms with Crippen molar-refractivity contribution in [3.05, 3.63) is 69.3 Å². The maximum atomic E-state index is 6.01. The van der Waals surface area contributed by atoms with Crippen LogP contribution in [0.3, 0.4) is 0 Å². The van der Waals surface area contributed by atoms with Crippen LogP contribution in [0.25, 0.3) is 10.9 Å². The van der Waals surface area contributed by atoms with E-state index in [0.717, 1.165) is 21.6 Å². The fourth-order valence-corrected chi connectivity index (χ4v) is 3.05. The zero-order valence-electron chi connectivity index (χ0n) is 11.7. The molecule has 0 aliphatic rings. The van der Waals surface area contributed by atoms with Crippen molar-refractivity contribution in [1.82, 2.24) is 10.3 Å². The molecule has 2 nitrogen and oxygen atoms in total. The molecule has 0 amide bonds. The molecule has 108 valence electrons. The largest absolute Gasteiger partial charge is 0.361 e. The molecule has 0 saturated carbocycles. The van der Waals surface area contributed by atoms with E-state index in [4.69, 9.17) is 11.6 Å². The highest BCUT2D eigenvalue weighted by Gasteiger charge is 2.08. The monoisotopic (exact) mass is 362 g/mol. The summed E-state index contributed by atoms with van der Waals surface area (Å²) >= 11 is 9.52. The zero-order valence-corrected chi connectivity index (χ0v) is 14.0. The predicted molar refractivity (Wildman–Crippen MR) is 92.7 cm³/mol. The van der Waals surface area contributed by atoms with E-state index in [-0.39, 0.29) is 0 Å². The van der Waals surface area contributed by atoms with Crippen molar-refractivity contribution in [1.29, 1.82) is 0 Å². The molecule has 3 rings (SSSR count). The summed E-state index contributed by atoms with van der Waals surface area (Å²) in [6, 6.07) is 14.6. The maximum absolute atomic E-state index is 6.01. The van der Waals surface area contributed by atoms with E-state index in [1.807, 2.05) is 24.4 Å². The quantitative estimate of drug-likeness (QED) is 0.635. The van der Waals surface area contributed by atoms with E-state index in [1.165, 1.54) is 16.5 Å². The Balaban J connectivity index is 1.74. The molecule has 0 bridgehead atoms. The topological polar surface area (TPSA) is 27.8 Å². The lowest BCUT2D eigenvalue weighted by Gasteiger charge is -2.14. The fourth-order valence-electron chi connectivity index (χ4n) is 2.46. The van der Waals surface area contributed by atoms with Crippen LogP contribution >= 0.6 is 27.5 Å². The van der Waals surface area contributed by atoms with Crippen LogP contribution in [0, 0.1) is 0 Å². The summed E-state index contributed by atoms with van der Waals surface area (Å²) < 4.78 is 1.11. The van der Waals surface area contributed by atoms with Gasteiger partial charge in [-0.05, 0) is 42.3 Å². The van der Waals surface area contributed by atoms with Crippen LogP contribution in [-0.2, 0) is 6.54 Å². The number of hydrogen-bond donors (Lipinski definition) is 2. The Labute approximate surface area is 137 Å². The van der Waals surface area contributed by atoms with Gasteiger partial charge in [0.25, 0.3) is 0 Å². The molecule has 3 aromatic rings. The van der Waals surface area contributed by atoms with Gasteiger partial charge in [-0.1, -0.05) is 45.7 Å². The summed E-state index contributed by atoms with van der Waals surface area (Å²) in [6.07, 6.45) is 2.04. The Bertz CT molecular complexity index is 766. The summed E-state index contributed by atoms with van der Waals surface area (Å²) in [5, 5.41) is 5.53. The lowest BCUT2D eigenvalue weighted by molar-refractivity contribution is 0.576. The lowest BCUT2D eigenvalue weighted by atomic mass is 10.1. The van der Waals surface area contributed by atoms with Gasteiger partial charge in [-0.25, -0.2) is 0 Å². The second-order valence-electron chi connectivity index (χ2n) is 5.16. The van der Waals surface area contributed by atoms with Crippen molar-refractivity contribution in [2.24, 2.45) is 0 Å². The van der Waals surface area contributed by atoms with Gasteiger partial charge in [-0.3, -0.25) is 0 Å². The summed E-state index contributed by atoms with van der Waals surface area (Å²) in [5.74, 6) is 0. The minimum atomic E-state index is 0.291. The SMILES string of the molecule is CC(NCc1c[nH]c2cc(Cl)ccc12)c1cccc(Br)c1. The Kier molecular flexibility index (Phi) is 4.34. The second-order valence-corrected chi connectivity index (χ2v) is 6.51. The Hall–Kier alpha value is -1.29. The third-order valence-electron chi connectivity index (χ3n) is 3.68. The van der Waals surface area contributed by atoms with Crippen molar-refractivity contribution in [2.45, 2.75) is 19.5 Å². The molecule has 0 spiro atoms. The number of benzene rings is 2. The van der Waals surface area contributed by atoms with Crippen LogP contribution in [-0.4, -0.2) is 4.98 Å². The van der Waals surface area contributed by atoms with Gasteiger partial charge in [0, 0.05) is 39.2 Å². The van der Waals surface area contributed by atoms with Crippen LogP contribution in [0.1, 0.15) is 24.1 Å². The second kappa shape index (κ2) is 6.22. The van der Waals surface area contributed by atoms with Crippen molar-refractivity contribution in [2.75, 3.05) is 0 Å². The summed E-state index contributed by atoms with van der Waals surface area (Å²) in [4.78, 5) is 3.27. The number of H-pyrrole nitrogens is 1. The van der Waals surface area contributed by atoms with Gasteiger partial charge < -0.3 is 10.3 Å². The Morgan fingerprint density at radius 3 is 2.90 bits per heavy atom. The van der Waals surface area contributed by atoms with E-state index in [1.54, 1.807) is 0 Å². The van der Waals surface area contributed by atoms with E-state index in [9.17, 15) is 0 Å². The highest BCUT2D eigenvalue weighted by Crippen LogP contribution is 2.23. The van der Waals surface area contributed by atoms with Gasteiger partial charge in [-0.15, -0.1) is 0 Å². The molecule has 1 unspecified atom stereocenters. The number of fused-ring (bicyclic) bond motifs is 1. The third-order valence-corrected chi connectivity index (χ3v) is 4.41. The Morgan fingerprint density at radius 1 is 1.24 bits per heavy atom. The first-order valence-electron chi connectivity index (χ1n) is 6.88. The highest BCUT2D eigenvalue weighted by molar-refractivity contribution is 9.10. The van der Waals surface area contributed by atoms with Gasteiger partial charge in [-0.2, -0.15) is 0 Å². The number of aromatic amines is 1. The van der Waals surface area contributed by atoms with Crippen LogP contribution in [0.4, 0.5) is 0 Å². The predicted octanol–water partition coefficient (Wildman–Crippen LogP) is 5.43. The van der Waals surface area contributed by atoms with Gasteiger partial charge in [0.1, 0.15) is 0 Å². The molecule has 0 radical (unpaired) electrons. The molecule has 0 aliphatic carbocycles. The first-order chi connectivity index (χ1) is 10.1. The zero-order chi connectivity index (χ0) is 14.8. The molecule has 21 heavy (non-hydrogen) atoms. The van der Waals surface area contributed by atoms with Crippen LogP contribution < -0.4 is 5.32 Å². The number of halogens is 2. The van der Waals surface area contributed by atoms with E-state index in [0.29, 0.717) is 6.04 Å². The molecule has 0 fully saturated rings. The minimum Gasteiger partial charge on any atom is -0.361 e. The molecule has 2 aromatic carbocycles. The molecule has 1 heterocycles. The molecular formula is C17H16BrClN2. The van der Waals surface area contributed by atoms with Crippen LogP contribution in [0.15, 0.2) is 53.1 Å². The number of hydrogen-bond acceptors (Lipinski definition) is 1. The molecule has 0 saturated heterocycles. The van der Waals surface area contributed by atoms with Crippen LogP contribution in [0.5, 0.6) is 0 Å². The molecule has 4 heteroatoms. The summed E-state index contributed by atoms with van der Waals surface area (Å²) in [5.41, 5.74) is 3.60. The number of rotatable bonds is 4. The highest BCUT2D eigenvalue weighted by atomic mass is 79.9. The van der Waals surface area contributed by atoms with Gasteiger partial charge in [0.15, 0.2) is 0 Å². The molecular weight excluding hydrogens is 348 g/mol. The third kappa shape index (κ3) is 3.31. The first kappa shape index (κ1) is 14.6. The summed E-state index contributed by atoms with van der Waals surface area (Å²) in [7, 11) is 0. The van der Waals surface area contributed by atoms with Crippen LogP contribution in [0.2, 0.25) is 5.02 Å². The minimum absolute atomic E-state index is 0.291. The molecule has 1 aromatic heterocycles. The molecule has 2 N–H and O–H groups in total. The van der Waals surface area contributed by atoms with Crippen molar-refractivity contribution >= 4 is 38.4 Å². The van der Waals surface area contributed by atoms with Crippen molar-refractivity contribution in [3.8, 4) is 0 Å². The van der Waals surface area contributed by atoms with Crippen molar-refractivity contribution in [3.63, 3.8) is 0 Å². The normalized spacial score (nSPS) is 12.7. The summed E-state index contributed by atoms with van der Waals surface area (Å²) in [6.45, 7) is 2.99. The lowest BCUT2D eigenvalue weighted by Crippen LogP contribution is -2.17. The number of aromatic nitrogens is 1. The fraction of sp³-hybridized carbons (Fsp3) is 0.176. The van der Waals surface area contributed by atoms with Gasteiger partial charge in [0.2, 0.25) is 0 Å². The number of nitrogens with one attached hydrogen (secondary N) is 2. The van der Waals surface area contributed by atoms with E-state index < -0.39 is 0 Å². The van der Waals surface area contributed by atoms with Gasteiger partial charge in [0.05, 0.1) is 0 Å².